The number of benzene rings is 1. The molecule has 0 bridgehead atoms. The van der Waals surface area contributed by atoms with Crippen molar-refractivity contribution in [1.29, 1.82) is 0 Å². The van der Waals surface area contributed by atoms with Gasteiger partial charge in [-0.05, 0) is 29.3 Å². The fraction of sp³-hybridized carbons (Fsp3) is 0.182. The Bertz CT molecular complexity index is 1530. The molecular weight excluding hydrogens is 520 g/mol. The minimum absolute atomic E-state index is 0.0219. The zero-order valence-corrected chi connectivity index (χ0v) is 19.6. The maximum atomic E-state index is 13.6. The zero-order valence-electron chi connectivity index (χ0n) is 18.7. The highest BCUT2D eigenvalue weighted by Gasteiger charge is 2.35. The fourth-order valence-corrected chi connectivity index (χ4v) is 4.56. The molecule has 2 amide bonds. The molecule has 0 fully saturated rings. The molecule has 3 aromatic heterocycles. The predicted octanol–water partition coefficient (Wildman–Crippen LogP) is 4.60. The molecule has 1 unspecified atom stereocenters. The number of carbonyl (C=O) groups excluding carboxylic acids is 2. The van der Waals surface area contributed by atoms with Gasteiger partial charge in [-0.2, -0.15) is 18.3 Å². The van der Waals surface area contributed by atoms with E-state index in [-0.39, 0.29) is 44.1 Å². The number of nitro groups is 1. The van der Waals surface area contributed by atoms with Gasteiger partial charge in [0.2, 0.25) is 5.91 Å². The van der Waals surface area contributed by atoms with E-state index in [1.54, 1.807) is 0 Å². The molecule has 0 aliphatic rings. The van der Waals surface area contributed by atoms with Crippen molar-refractivity contribution >= 4 is 44.7 Å². The first kappa shape index (κ1) is 25.7. The standard InChI is InChI=1S/C22H16F4N6O4S/c1-10(8-31-9-13(7-28-31)32(35)36)20(34)30-17-16-14(11-2-4-12(23)5-3-11)6-15(22(24,25)26)29-21(16)37-18(17)19(27)33/h2-7,9-10H,8H2,1H3,(H2,27,33)(H,30,34). The maximum absolute atomic E-state index is 13.6. The van der Waals surface area contributed by atoms with Crippen molar-refractivity contribution in [2.45, 2.75) is 19.6 Å². The number of amides is 2. The quantitative estimate of drug-likeness (QED) is 0.201. The van der Waals surface area contributed by atoms with E-state index in [0.29, 0.717) is 11.3 Å². The Kier molecular flexibility index (Phi) is 6.64. The molecule has 1 atom stereocenters. The summed E-state index contributed by atoms with van der Waals surface area (Å²) in [5.74, 6) is -3.13. The third-order valence-corrected chi connectivity index (χ3v) is 6.42. The van der Waals surface area contributed by atoms with Crippen LogP contribution in [-0.2, 0) is 17.5 Å². The topological polar surface area (TPSA) is 146 Å². The molecule has 37 heavy (non-hydrogen) atoms. The number of hydrogen-bond acceptors (Lipinski definition) is 7. The van der Waals surface area contributed by atoms with Crippen LogP contribution in [0.5, 0.6) is 0 Å². The summed E-state index contributed by atoms with van der Waals surface area (Å²) in [6.07, 6.45) is -2.68. The number of aromatic nitrogens is 3. The van der Waals surface area contributed by atoms with Crippen LogP contribution in [0, 0.1) is 21.8 Å². The summed E-state index contributed by atoms with van der Waals surface area (Å²) >= 11 is 0.572. The van der Waals surface area contributed by atoms with Gasteiger partial charge in [-0.25, -0.2) is 9.37 Å². The lowest BCUT2D eigenvalue weighted by Gasteiger charge is -2.15. The van der Waals surface area contributed by atoms with Crippen LogP contribution in [0.3, 0.4) is 0 Å². The van der Waals surface area contributed by atoms with Gasteiger partial charge in [-0.3, -0.25) is 24.4 Å². The molecule has 0 spiro atoms. The van der Waals surface area contributed by atoms with E-state index in [0.717, 1.165) is 30.6 Å². The lowest BCUT2D eigenvalue weighted by Crippen LogP contribution is -2.25. The van der Waals surface area contributed by atoms with E-state index in [9.17, 15) is 37.3 Å². The van der Waals surface area contributed by atoms with Crippen LogP contribution in [0.15, 0.2) is 42.7 Å². The smallest absolute Gasteiger partial charge is 0.365 e. The number of nitrogens with one attached hydrogen (secondary N) is 1. The van der Waals surface area contributed by atoms with E-state index in [4.69, 9.17) is 5.73 Å². The molecule has 1 aromatic carbocycles. The van der Waals surface area contributed by atoms with Crippen molar-refractivity contribution in [1.82, 2.24) is 14.8 Å². The van der Waals surface area contributed by atoms with Gasteiger partial charge in [-0.1, -0.05) is 19.1 Å². The number of hydrogen-bond donors (Lipinski definition) is 2. The second-order valence-corrected chi connectivity index (χ2v) is 8.98. The van der Waals surface area contributed by atoms with Crippen molar-refractivity contribution < 1.29 is 32.1 Å². The number of alkyl halides is 3. The first-order chi connectivity index (χ1) is 17.3. The van der Waals surface area contributed by atoms with Crippen LogP contribution >= 0.6 is 11.3 Å². The van der Waals surface area contributed by atoms with E-state index < -0.39 is 40.3 Å². The molecule has 15 heteroatoms. The Morgan fingerprint density at radius 3 is 2.51 bits per heavy atom. The van der Waals surface area contributed by atoms with Gasteiger partial charge in [0.15, 0.2) is 0 Å². The van der Waals surface area contributed by atoms with E-state index in [1.165, 1.54) is 23.7 Å². The van der Waals surface area contributed by atoms with Gasteiger partial charge >= 0.3 is 11.9 Å². The third kappa shape index (κ3) is 5.25. The highest BCUT2D eigenvalue weighted by Crippen LogP contribution is 2.43. The summed E-state index contributed by atoms with van der Waals surface area (Å²) in [7, 11) is 0. The second-order valence-electron chi connectivity index (χ2n) is 7.98. The summed E-state index contributed by atoms with van der Waals surface area (Å²) in [6.45, 7) is 1.41. The molecule has 0 saturated heterocycles. The number of fused-ring (bicyclic) bond motifs is 1. The highest BCUT2D eigenvalue weighted by atomic mass is 32.1. The first-order valence-corrected chi connectivity index (χ1v) is 11.2. The Labute approximate surface area is 208 Å². The molecule has 4 rings (SSSR count). The fourth-order valence-electron chi connectivity index (χ4n) is 3.55. The molecule has 192 valence electrons. The maximum Gasteiger partial charge on any atom is 0.433 e. The molecule has 4 aromatic rings. The van der Waals surface area contributed by atoms with E-state index in [2.05, 4.69) is 15.4 Å². The monoisotopic (exact) mass is 536 g/mol. The summed E-state index contributed by atoms with van der Waals surface area (Å²) in [4.78, 5) is 38.6. The molecular formula is C22H16F4N6O4S. The number of thiophene rings is 1. The normalized spacial score (nSPS) is 12.5. The van der Waals surface area contributed by atoms with Crippen molar-refractivity contribution in [2.24, 2.45) is 11.7 Å². The highest BCUT2D eigenvalue weighted by molar-refractivity contribution is 7.21. The number of primary amides is 1. The van der Waals surface area contributed by atoms with E-state index in [1.807, 2.05) is 0 Å². The summed E-state index contributed by atoms with van der Waals surface area (Å²) in [5.41, 5.74) is 3.93. The SMILES string of the molecule is CC(Cn1cc([N+](=O)[O-])cn1)C(=O)Nc1c(C(N)=O)sc2nc(C(F)(F)F)cc(-c3ccc(F)cc3)c12. The number of halogens is 4. The largest absolute Gasteiger partial charge is 0.433 e. The average molecular weight is 536 g/mol. The Morgan fingerprint density at radius 1 is 1.27 bits per heavy atom. The van der Waals surface area contributed by atoms with Crippen LogP contribution in [0.4, 0.5) is 28.9 Å². The number of pyridine rings is 1. The molecule has 3 heterocycles. The van der Waals surface area contributed by atoms with Crippen LogP contribution < -0.4 is 11.1 Å². The minimum Gasteiger partial charge on any atom is -0.365 e. The Balaban J connectivity index is 1.80. The van der Waals surface area contributed by atoms with Crippen LogP contribution in [0.1, 0.15) is 22.3 Å². The number of rotatable bonds is 7. The zero-order chi connectivity index (χ0) is 27.1. The number of carbonyl (C=O) groups is 2. The Hall–Kier alpha value is -4.40. The molecule has 3 N–H and O–H groups in total. The van der Waals surface area contributed by atoms with Gasteiger partial charge in [-0.15, -0.1) is 11.3 Å². The third-order valence-electron chi connectivity index (χ3n) is 5.32. The summed E-state index contributed by atoms with van der Waals surface area (Å²) in [6, 6.07) is 5.37. The van der Waals surface area contributed by atoms with Gasteiger partial charge in [0.25, 0.3) is 5.91 Å². The lowest BCUT2D eigenvalue weighted by molar-refractivity contribution is -0.385. The molecule has 0 saturated carbocycles. The first-order valence-electron chi connectivity index (χ1n) is 10.4. The van der Waals surface area contributed by atoms with Crippen molar-refractivity contribution in [3.8, 4) is 11.1 Å². The van der Waals surface area contributed by atoms with Crippen LogP contribution in [-0.4, -0.2) is 31.5 Å². The van der Waals surface area contributed by atoms with Crippen molar-refractivity contribution in [3.05, 3.63) is 69.2 Å². The molecule has 0 radical (unpaired) electrons. The number of anilines is 1. The van der Waals surface area contributed by atoms with Gasteiger partial charge in [0.1, 0.15) is 33.6 Å². The van der Waals surface area contributed by atoms with Gasteiger partial charge in [0.05, 0.1) is 23.1 Å². The Morgan fingerprint density at radius 2 is 1.95 bits per heavy atom. The lowest BCUT2D eigenvalue weighted by atomic mass is 10.0. The summed E-state index contributed by atoms with van der Waals surface area (Å²) < 4.78 is 55.5. The number of nitrogens with zero attached hydrogens (tertiary/aromatic N) is 4. The van der Waals surface area contributed by atoms with Crippen molar-refractivity contribution in [3.63, 3.8) is 0 Å². The summed E-state index contributed by atoms with van der Waals surface area (Å²) in [5, 5.41) is 17.2. The van der Waals surface area contributed by atoms with Gasteiger partial charge in [0, 0.05) is 5.39 Å². The van der Waals surface area contributed by atoms with Crippen LogP contribution in [0.2, 0.25) is 0 Å². The molecule has 10 nitrogen and oxygen atoms in total. The van der Waals surface area contributed by atoms with E-state index >= 15 is 0 Å². The predicted molar refractivity (Wildman–Crippen MR) is 125 cm³/mol. The molecule has 0 aliphatic heterocycles. The van der Waals surface area contributed by atoms with Gasteiger partial charge < -0.3 is 11.1 Å². The number of nitrogens with two attached hydrogens (primary N) is 1. The second kappa shape index (κ2) is 9.57. The minimum atomic E-state index is -4.83. The average Bonchev–Trinajstić information content (AvgIpc) is 3.43. The molecule has 0 aliphatic carbocycles. The van der Waals surface area contributed by atoms with Crippen LogP contribution in [0.25, 0.3) is 21.3 Å². The van der Waals surface area contributed by atoms with Crippen molar-refractivity contribution in [2.75, 3.05) is 5.32 Å².